The summed E-state index contributed by atoms with van der Waals surface area (Å²) in [6.45, 7) is 3.19. The van der Waals surface area contributed by atoms with Gasteiger partial charge in [-0.25, -0.2) is 9.59 Å². The number of nitrogens with one attached hydrogen (secondary N) is 2. The molecule has 0 heterocycles. The van der Waals surface area contributed by atoms with Crippen molar-refractivity contribution < 1.29 is 19.1 Å². The number of ether oxygens (including phenoxy) is 1. The molecular formula is C18H24N2O4. The smallest absolute Gasteiger partial charge is 0.338 e. The van der Waals surface area contributed by atoms with Crippen molar-refractivity contribution in [1.82, 2.24) is 10.6 Å². The first-order valence-corrected chi connectivity index (χ1v) is 8.30. The Hall–Kier alpha value is -2.37. The number of benzene rings is 1. The van der Waals surface area contributed by atoms with Gasteiger partial charge in [-0.05, 0) is 38.3 Å². The molecule has 0 unspecified atom stereocenters. The minimum absolute atomic E-state index is 0.115. The SMILES string of the molecule is Cc1ccc(C)c(C(=O)OCC(=O)NC(=O)NC2CCCCC2)c1. The Balaban J connectivity index is 1.76. The third-order valence-corrected chi connectivity index (χ3v) is 4.14. The van der Waals surface area contributed by atoms with E-state index in [1.807, 2.05) is 19.1 Å². The van der Waals surface area contributed by atoms with Crippen molar-refractivity contribution in [2.24, 2.45) is 0 Å². The van der Waals surface area contributed by atoms with Crippen LogP contribution in [-0.2, 0) is 9.53 Å². The first kappa shape index (κ1) is 18.0. The summed E-state index contributed by atoms with van der Waals surface area (Å²) >= 11 is 0. The lowest BCUT2D eigenvalue weighted by Crippen LogP contribution is -2.46. The van der Waals surface area contributed by atoms with E-state index in [0.717, 1.165) is 36.8 Å². The van der Waals surface area contributed by atoms with E-state index < -0.39 is 24.5 Å². The quantitative estimate of drug-likeness (QED) is 0.830. The van der Waals surface area contributed by atoms with Gasteiger partial charge in [0.2, 0.25) is 0 Å². The van der Waals surface area contributed by atoms with Crippen LogP contribution in [0.2, 0.25) is 0 Å². The fourth-order valence-corrected chi connectivity index (χ4v) is 2.80. The normalized spacial score (nSPS) is 14.8. The molecule has 0 aliphatic heterocycles. The van der Waals surface area contributed by atoms with Crippen LogP contribution < -0.4 is 10.6 Å². The fraction of sp³-hybridized carbons (Fsp3) is 0.500. The van der Waals surface area contributed by atoms with Gasteiger partial charge in [0, 0.05) is 6.04 Å². The largest absolute Gasteiger partial charge is 0.452 e. The zero-order valence-corrected chi connectivity index (χ0v) is 14.2. The standard InChI is InChI=1S/C18H24N2O4/c1-12-8-9-13(2)15(10-12)17(22)24-11-16(21)20-18(23)19-14-6-4-3-5-7-14/h8-10,14H,3-7,11H2,1-2H3,(H2,19,20,21,23). The molecule has 1 aliphatic rings. The molecular weight excluding hydrogens is 308 g/mol. The highest BCUT2D eigenvalue weighted by atomic mass is 16.5. The van der Waals surface area contributed by atoms with Crippen LogP contribution in [0.5, 0.6) is 0 Å². The maximum Gasteiger partial charge on any atom is 0.338 e. The third-order valence-electron chi connectivity index (χ3n) is 4.14. The monoisotopic (exact) mass is 332 g/mol. The molecule has 0 spiro atoms. The van der Waals surface area contributed by atoms with Crippen molar-refractivity contribution in [1.29, 1.82) is 0 Å². The minimum Gasteiger partial charge on any atom is -0.452 e. The molecule has 130 valence electrons. The Morgan fingerprint density at radius 2 is 1.83 bits per heavy atom. The predicted octanol–water partition coefficient (Wildman–Crippen LogP) is 2.62. The summed E-state index contributed by atoms with van der Waals surface area (Å²) < 4.78 is 4.99. The minimum atomic E-state index is -0.637. The first-order chi connectivity index (χ1) is 11.5. The molecule has 1 aliphatic carbocycles. The fourth-order valence-electron chi connectivity index (χ4n) is 2.80. The number of carbonyl (C=O) groups is 3. The van der Waals surface area contributed by atoms with Gasteiger partial charge in [0.05, 0.1) is 5.56 Å². The van der Waals surface area contributed by atoms with Crippen LogP contribution in [-0.4, -0.2) is 30.6 Å². The van der Waals surface area contributed by atoms with Gasteiger partial charge < -0.3 is 10.1 Å². The van der Waals surface area contributed by atoms with Crippen molar-refractivity contribution in [2.45, 2.75) is 52.0 Å². The molecule has 0 bridgehead atoms. The van der Waals surface area contributed by atoms with Crippen molar-refractivity contribution in [3.8, 4) is 0 Å². The van der Waals surface area contributed by atoms with E-state index in [4.69, 9.17) is 4.74 Å². The number of aryl methyl sites for hydroxylation is 2. The van der Waals surface area contributed by atoms with E-state index in [9.17, 15) is 14.4 Å². The van der Waals surface area contributed by atoms with E-state index >= 15 is 0 Å². The number of esters is 1. The molecule has 0 aromatic heterocycles. The Bertz CT molecular complexity index is 621. The number of hydrogen-bond acceptors (Lipinski definition) is 4. The topological polar surface area (TPSA) is 84.5 Å². The second-order valence-electron chi connectivity index (χ2n) is 6.25. The zero-order valence-electron chi connectivity index (χ0n) is 14.2. The summed E-state index contributed by atoms with van der Waals surface area (Å²) in [5, 5.41) is 4.97. The molecule has 1 aromatic rings. The molecule has 0 radical (unpaired) electrons. The van der Waals surface area contributed by atoms with E-state index in [2.05, 4.69) is 10.6 Å². The van der Waals surface area contributed by atoms with Gasteiger partial charge in [0.15, 0.2) is 6.61 Å². The number of imide groups is 1. The molecule has 3 amide bonds. The lowest BCUT2D eigenvalue weighted by molar-refractivity contribution is -0.123. The number of hydrogen-bond donors (Lipinski definition) is 2. The van der Waals surface area contributed by atoms with Crippen molar-refractivity contribution in [3.05, 3.63) is 34.9 Å². The average Bonchev–Trinajstić information content (AvgIpc) is 2.55. The predicted molar refractivity (Wildman–Crippen MR) is 89.7 cm³/mol. The van der Waals surface area contributed by atoms with Gasteiger partial charge in [-0.1, -0.05) is 37.0 Å². The summed E-state index contributed by atoms with van der Waals surface area (Å²) in [7, 11) is 0. The first-order valence-electron chi connectivity index (χ1n) is 8.30. The van der Waals surface area contributed by atoms with Gasteiger partial charge in [0.25, 0.3) is 5.91 Å². The van der Waals surface area contributed by atoms with Gasteiger partial charge in [0.1, 0.15) is 0 Å². The van der Waals surface area contributed by atoms with E-state index in [0.29, 0.717) is 5.56 Å². The van der Waals surface area contributed by atoms with Crippen molar-refractivity contribution in [2.75, 3.05) is 6.61 Å². The van der Waals surface area contributed by atoms with Crippen LogP contribution in [0.4, 0.5) is 4.79 Å². The molecule has 1 aromatic carbocycles. The Kier molecular flexibility index (Phi) is 6.35. The van der Waals surface area contributed by atoms with Crippen LogP contribution in [0.25, 0.3) is 0 Å². The highest BCUT2D eigenvalue weighted by molar-refractivity contribution is 5.97. The van der Waals surface area contributed by atoms with Gasteiger partial charge in [-0.3, -0.25) is 10.1 Å². The van der Waals surface area contributed by atoms with Gasteiger partial charge >= 0.3 is 12.0 Å². The Morgan fingerprint density at radius 1 is 1.12 bits per heavy atom. The highest BCUT2D eigenvalue weighted by Gasteiger charge is 2.18. The molecule has 2 N–H and O–H groups in total. The molecule has 1 saturated carbocycles. The lowest BCUT2D eigenvalue weighted by Gasteiger charge is -2.22. The second-order valence-corrected chi connectivity index (χ2v) is 6.25. The van der Waals surface area contributed by atoms with Crippen LogP contribution >= 0.6 is 0 Å². The third kappa shape index (κ3) is 5.37. The summed E-state index contributed by atoms with van der Waals surface area (Å²) in [5.41, 5.74) is 2.14. The summed E-state index contributed by atoms with van der Waals surface area (Å²) in [6, 6.07) is 5.02. The van der Waals surface area contributed by atoms with Crippen molar-refractivity contribution >= 4 is 17.9 Å². The Morgan fingerprint density at radius 3 is 2.54 bits per heavy atom. The molecule has 0 atom stereocenters. The van der Waals surface area contributed by atoms with Crippen LogP contribution in [0.1, 0.15) is 53.6 Å². The molecule has 6 nitrogen and oxygen atoms in total. The molecule has 2 rings (SSSR count). The molecule has 24 heavy (non-hydrogen) atoms. The van der Waals surface area contributed by atoms with Gasteiger partial charge in [-0.2, -0.15) is 0 Å². The lowest BCUT2D eigenvalue weighted by atomic mass is 9.96. The number of rotatable bonds is 4. The van der Waals surface area contributed by atoms with Crippen molar-refractivity contribution in [3.63, 3.8) is 0 Å². The summed E-state index contributed by atoms with van der Waals surface area (Å²) in [6.07, 6.45) is 5.23. The number of urea groups is 1. The van der Waals surface area contributed by atoms with E-state index in [1.54, 1.807) is 13.0 Å². The summed E-state index contributed by atoms with van der Waals surface area (Å²) in [5.74, 6) is -1.21. The molecule has 1 fully saturated rings. The zero-order chi connectivity index (χ0) is 17.5. The molecule has 0 saturated heterocycles. The van der Waals surface area contributed by atoms with Crippen LogP contribution in [0.15, 0.2) is 18.2 Å². The van der Waals surface area contributed by atoms with Crippen LogP contribution in [0.3, 0.4) is 0 Å². The van der Waals surface area contributed by atoms with E-state index in [-0.39, 0.29) is 6.04 Å². The van der Waals surface area contributed by atoms with Gasteiger partial charge in [-0.15, -0.1) is 0 Å². The highest BCUT2D eigenvalue weighted by Crippen LogP contribution is 2.17. The second kappa shape index (κ2) is 8.47. The number of carbonyl (C=O) groups excluding carboxylic acids is 3. The average molecular weight is 332 g/mol. The Labute approximate surface area is 142 Å². The summed E-state index contributed by atoms with van der Waals surface area (Å²) in [4.78, 5) is 35.5. The van der Waals surface area contributed by atoms with E-state index in [1.165, 1.54) is 6.42 Å². The maximum atomic E-state index is 12.0. The molecule has 6 heteroatoms. The van der Waals surface area contributed by atoms with Crippen LogP contribution in [0, 0.1) is 13.8 Å². The number of amides is 3. The maximum absolute atomic E-state index is 12.0.